The van der Waals surface area contributed by atoms with E-state index >= 15 is 0 Å². The number of nitrogens with two attached hydrogens (primary N) is 1. The Hall–Kier alpha value is -0.910. The summed E-state index contributed by atoms with van der Waals surface area (Å²) >= 11 is 0. The lowest BCUT2D eigenvalue weighted by molar-refractivity contribution is 0.133. The van der Waals surface area contributed by atoms with Crippen LogP contribution in [0, 0.1) is 5.41 Å². The Balaban J connectivity index is 1.98. The van der Waals surface area contributed by atoms with Crippen molar-refractivity contribution in [2.75, 3.05) is 13.1 Å². The average molecular weight is 310 g/mol. The third kappa shape index (κ3) is 4.05. The van der Waals surface area contributed by atoms with E-state index in [4.69, 9.17) is 5.73 Å². The standard InChI is InChI=1S/C16H26N2O2S/c1-2-16(10-4-11-16)13-18-21(19,20)15-8-6-14(7-9-15)5-3-12-17/h6-9,18H,2-5,10-13,17H2,1H3. The van der Waals surface area contributed by atoms with Gasteiger partial charge in [0.05, 0.1) is 4.90 Å². The average Bonchev–Trinajstić information content (AvgIpc) is 2.45. The topological polar surface area (TPSA) is 72.2 Å². The van der Waals surface area contributed by atoms with Crippen molar-refractivity contribution in [2.24, 2.45) is 11.1 Å². The van der Waals surface area contributed by atoms with Gasteiger partial charge >= 0.3 is 0 Å². The first-order valence-corrected chi connectivity index (χ1v) is 9.28. The third-order valence-corrected chi connectivity index (χ3v) is 6.12. The molecular formula is C16H26N2O2S. The van der Waals surface area contributed by atoms with Crippen LogP contribution in [0.15, 0.2) is 29.2 Å². The summed E-state index contributed by atoms with van der Waals surface area (Å²) in [5.74, 6) is 0. The largest absolute Gasteiger partial charge is 0.330 e. The summed E-state index contributed by atoms with van der Waals surface area (Å²) in [5, 5.41) is 0. The van der Waals surface area contributed by atoms with Crippen molar-refractivity contribution in [2.45, 2.75) is 50.3 Å². The molecule has 0 bridgehead atoms. The van der Waals surface area contributed by atoms with Crippen molar-refractivity contribution in [3.8, 4) is 0 Å². The lowest BCUT2D eigenvalue weighted by Crippen LogP contribution is -2.41. The van der Waals surface area contributed by atoms with Crippen LogP contribution in [0.3, 0.4) is 0 Å². The van der Waals surface area contributed by atoms with Crippen LogP contribution >= 0.6 is 0 Å². The number of rotatable bonds is 8. The van der Waals surface area contributed by atoms with Crippen molar-refractivity contribution < 1.29 is 8.42 Å². The molecule has 21 heavy (non-hydrogen) atoms. The predicted molar refractivity (Wildman–Crippen MR) is 85.6 cm³/mol. The van der Waals surface area contributed by atoms with Gasteiger partial charge in [0, 0.05) is 6.54 Å². The van der Waals surface area contributed by atoms with E-state index < -0.39 is 10.0 Å². The molecule has 2 rings (SSSR count). The molecule has 5 heteroatoms. The third-order valence-electron chi connectivity index (χ3n) is 4.70. The van der Waals surface area contributed by atoms with Gasteiger partial charge in [0.2, 0.25) is 10.0 Å². The van der Waals surface area contributed by atoms with Gasteiger partial charge in [-0.15, -0.1) is 0 Å². The van der Waals surface area contributed by atoms with E-state index in [1.807, 2.05) is 12.1 Å². The van der Waals surface area contributed by atoms with Gasteiger partial charge in [0.1, 0.15) is 0 Å². The second kappa shape index (κ2) is 6.90. The summed E-state index contributed by atoms with van der Waals surface area (Å²) in [4.78, 5) is 0.351. The molecule has 1 saturated carbocycles. The van der Waals surface area contributed by atoms with Gasteiger partial charge in [-0.1, -0.05) is 25.5 Å². The Kier molecular flexibility index (Phi) is 5.41. The molecule has 1 aromatic carbocycles. The van der Waals surface area contributed by atoms with E-state index in [0.29, 0.717) is 18.0 Å². The van der Waals surface area contributed by atoms with Crippen LogP contribution in [0.4, 0.5) is 0 Å². The quantitative estimate of drug-likeness (QED) is 0.774. The Morgan fingerprint density at radius 2 is 1.90 bits per heavy atom. The molecule has 4 nitrogen and oxygen atoms in total. The maximum Gasteiger partial charge on any atom is 0.240 e. The SMILES string of the molecule is CCC1(CNS(=O)(=O)c2ccc(CCCN)cc2)CCC1. The summed E-state index contributed by atoms with van der Waals surface area (Å²) < 4.78 is 27.4. The van der Waals surface area contributed by atoms with Gasteiger partial charge in [-0.25, -0.2) is 13.1 Å². The van der Waals surface area contributed by atoms with E-state index in [0.717, 1.165) is 37.7 Å². The zero-order valence-electron chi connectivity index (χ0n) is 12.8. The molecule has 1 aliphatic rings. The molecule has 1 aliphatic carbocycles. The molecule has 0 unspecified atom stereocenters. The molecule has 0 atom stereocenters. The van der Waals surface area contributed by atoms with Crippen molar-refractivity contribution >= 4 is 10.0 Å². The van der Waals surface area contributed by atoms with E-state index in [9.17, 15) is 8.42 Å². The number of aryl methyl sites for hydroxylation is 1. The molecule has 118 valence electrons. The lowest BCUT2D eigenvalue weighted by Gasteiger charge is -2.41. The summed E-state index contributed by atoms with van der Waals surface area (Å²) in [5.41, 5.74) is 6.80. The van der Waals surface area contributed by atoms with Crippen LogP contribution in [0.25, 0.3) is 0 Å². The maximum absolute atomic E-state index is 12.3. The van der Waals surface area contributed by atoms with Crippen molar-refractivity contribution in [3.63, 3.8) is 0 Å². The van der Waals surface area contributed by atoms with Gasteiger partial charge in [-0.2, -0.15) is 0 Å². The van der Waals surface area contributed by atoms with Gasteiger partial charge in [-0.05, 0) is 61.8 Å². The summed E-state index contributed by atoms with van der Waals surface area (Å²) in [6, 6.07) is 7.13. The molecule has 0 spiro atoms. The number of hydrogen-bond acceptors (Lipinski definition) is 3. The van der Waals surface area contributed by atoms with Gasteiger partial charge in [0.15, 0.2) is 0 Å². The molecule has 0 amide bonds. The molecule has 1 aromatic rings. The van der Waals surface area contributed by atoms with Crippen molar-refractivity contribution in [1.29, 1.82) is 0 Å². The highest BCUT2D eigenvalue weighted by atomic mass is 32.2. The minimum absolute atomic E-state index is 0.189. The molecule has 3 N–H and O–H groups in total. The van der Waals surface area contributed by atoms with Crippen LogP contribution in [-0.4, -0.2) is 21.5 Å². The predicted octanol–water partition coefficient (Wildman–Crippen LogP) is 2.44. The lowest BCUT2D eigenvalue weighted by atomic mass is 9.67. The zero-order valence-corrected chi connectivity index (χ0v) is 13.6. The Morgan fingerprint density at radius 1 is 1.24 bits per heavy atom. The Bertz CT molecular complexity index is 543. The van der Waals surface area contributed by atoms with E-state index in [2.05, 4.69) is 11.6 Å². The number of sulfonamides is 1. The normalized spacial score (nSPS) is 17.4. The first-order valence-electron chi connectivity index (χ1n) is 7.80. The molecule has 0 aliphatic heterocycles. The molecule has 1 fully saturated rings. The van der Waals surface area contributed by atoms with Crippen molar-refractivity contribution in [3.05, 3.63) is 29.8 Å². The monoisotopic (exact) mass is 310 g/mol. The molecular weight excluding hydrogens is 284 g/mol. The van der Waals surface area contributed by atoms with Crippen LogP contribution in [0.1, 0.15) is 44.6 Å². The summed E-state index contributed by atoms with van der Waals surface area (Å²) in [6.07, 6.45) is 6.32. The van der Waals surface area contributed by atoms with Crippen LogP contribution < -0.4 is 10.5 Å². The molecule has 0 radical (unpaired) electrons. The van der Waals surface area contributed by atoms with E-state index in [1.165, 1.54) is 6.42 Å². The minimum Gasteiger partial charge on any atom is -0.330 e. The van der Waals surface area contributed by atoms with Crippen molar-refractivity contribution in [1.82, 2.24) is 4.72 Å². The number of hydrogen-bond donors (Lipinski definition) is 2. The van der Waals surface area contributed by atoms with Crippen LogP contribution in [0.5, 0.6) is 0 Å². The fourth-order valence-electron chi connectivity index (χ4n) is 2.81. The first-order chi connectivity index (χ1) is 10.0. The zero-order chi connectivity index (χ0) is 15.3. The minimum atomic E-state index is -3.39. The van der Waals surface area contributed by atoms with E-state index in [-0.39, 0.29) is 5.41 Å². The highest BCUT2D eigenvalue weighted by Gasteiger charge is 2.36. The van der Waals surface area contributed by atoms with E-state index in [1.54, 1.807) is 12.1 Å². The van der Waals surface area contributed by atoms with Crippen LogP contribution in [0.2, 0.25) is 0 Å². The number of benzene rings is 1. The second-order valence-electron chi connectivity index (χ2n) is 6.07. The smallest absolute Gasteiger partial charge is 0.240 e. The maximum atomic E-state index is 12.3. The van der Waals surface area contributed by atoms with Gasteiger partial charge in [0.25, 0.3) is 0 Å². The highest BCUT2D eigenvalue weighted by Crippen LogP contribution is 2.43. The highest BCUT2D eigenvalue weighted by molar-refractivity contribution is 7.89. The molecule has 0 saturated heterocycles. The second-order valence-corrected chi connectivity index (χ2v) is 7.83. The first kappa shape index (κ1) is 16.5. The van der Waals surface area contributed by atoms with Crippen LogP contribution in [-0.2, 0) is 16.4 Å². The summed E-state index contributed by atoms with van der Waals surface area (Å²) in [7, 11) is -3.39. The van der Waals surface area contributed by atoms with Gasteiger partial charge < -0.3 is 5.73 Å². The Morgan fingerprint density at radius 3 is 2.38 bits per heavy atom. The fourth-order valence-corrected chi connectivity index (χ4v) is 3.96. The Labute approximate surface area is 128 Å². The fraction of sp³-hybridized carbons (Fsp3) is 0.625. The number of nitrogens with one attached hydrogen (secondary N) is 1. The summed E-state index contributed by atoms with van der Waals surface area (Å²) in [6.45, 7) is 3.35. The molecule has 0 aromatic heterocycles. The molecule has 0 heterocycles. The van der Waals surface area contributed by atoms with Gasteiger partial charge in [-0.3, -0.25) is 0 Å².